The quantitative estimate of drug-likeness (QED) is 0.0384. The van der Waals surface area contributed by atoms with Gasteiger partial charge in [-0.25, -0.2) is 0 Å². The Morgan fingerprint density at radius 3 is 0.723 bits per heavy atom. The molecule has 12 aromatic rings. The number of rotatable bonds is 27. The topological polar surface area (TPSA) is 87.4 Å². The normalized spacial score (nSPS) is 14.3. The molecule has 478 valence electrons. The summed E-state index contributed by atoms with van der Waals surface area (Å²) in [7, 11) is -14.4. The maximum atomic E-state index is 15.8. The van der Waals surface area contributed by atoms with Crippen LogP contribution < -0.4 is 63.7 Å². The third-order valence-electron chi connectivity index (χ3n) is 19.3. The number of benzene rings is 12. The van der Waals surface area contributed by atoms with Crippen LogP contribution in [0.5, 0.6) is 0 Å². The molecular formula is C82H86N2O4P6. The van der Waals surface area contributed by atoms with Crippen LogP contribution in [0.15, 0.2) is 364 Å². The van der Waals surface area contributed by atoms with E-state index >= 15 is 9.79 Å². The van der Waals surface area contributed by atoms with Crippen molar-refractivity contribution in [3.8, 4) is 0 Å². The van der Waals surface area contributed by atoms with Crippen molar-refractivity contribution in [2.75, 3.05) is 26.4 Å². The molecule has 0 saturated carbocycles. The molecule has 6 nitrogen and oxygen atoms in total. The summed E-state index contributed by atoms with van der Waals surface area (Å²) in [6, 6.07) is 125. The van der Waals surface area contributed by atoms with E-state index in [9.17, 15) is 9.79 Å². The molecule has 0 aliphatic heterocycles. The first-order chi connectivity index (χ1) is 46.0. The van der Waals surface area contributed by atoms with E-state index in [1.807, 2.05) is 97.1 Å². The van der Waals surface area contributed by atoms with Gasteiger partial charge in [0.25, 0.3) is 0 Å². The molecule has 0 aliphatic carbocycles. The molecule has 94 heavy (non-hydrogen) atoms. The second kappa shape index (κ2) is 31.2. The van der Waals surface area contributed by atoms with Crippen LogP contribution in [0.4, 0.5) is 0 Å². The van der Waals surface area contributed by atoms with Crippen molar-refractivity contribution in [2.45, 2.75) is 36.2 Å². The van der Waals surface area contributed by atoms with E-state index in [0.29, 0.717) is 19.0 Å². The van der Waals surface area contributed by atoms with Gasteiger partial charge in [-0.3, -0.25) is 0 Å². The Morgan fingerprint density at radius 1 is 0.266 bits per heavy atom. The molecular weight excluding hydrogens is 1260 g/mol. The fourth-order valence-corrected chi connectivity index (χ4v) is 35.2. The molecule has 0 saturated heterocycles. The Hall–Kier alpha value is -7.02. The van der Waals surface area contributed by atoms with Gasteiger partial charge in [-0.05, 0) is 0 Å². The molecule has 12 rings (SSSR count). The molecule has 0 heterocycles. The van der Waals surface area contributed by atoms with E-state index in [0.717, 1.165) is 63.7 Å². The molecule has 0 aromatic heterocycles. The van der Waals surface area contributed by atoms with Crippen molar-refractivity contribution >= 4 is 110 Å². The molecule has 12 aromatic carbocycles. The van der Waals surface area contributed by atoms with Crippen LogP contribution in [0.3, 0.4) is 0 Å². The van der Waals surface area contributed by atoms with Gasteiger partial charge in [0.15, 0.2) is 0 Å². The molecule has 4 atom stereocenters. The summed E-state index contributed by atoms with van der Waals surface area (Å²) >= 11 is 0. The van der Waals surface area contributed by atoms with Gasteiger partial charge in [-0.2, -0.15) is 0 Å². The van der Waals surface area contributed by atoms with Crippen LogP contribution in [0.1, 0.15) is 12.8 Å². The first-order valence-corrected chi connectivity index (χ1v) is 43.6. The Balaban J connectivity index is 1.22. The van der Waals surface area contributed by atoms with Crippen molar-refractivity contribution in [2.24, 2.45) is 0 Å². The Kier molecular flexibility index (Phi) is 22.3. The zero-order valence-electron chi connectivity index (χ0n) is 53.4. The van der Waals surface area contributed by atoms with Gasteiger partial charge >= 0.3 is 565 Å². The van der Waals surface area contributed by atoms with E-state index in [-0.39, 0.29) is 6.16 Å². The summed E-state index contributed by atoms with van der Waals surface area (Å²) in [5, 5.41) is 11.6. The van der Waals surface area contributed by atoms with E-state index in [2.05, 4.69) is 290 Å². The first-order valence-electron chi connectivity index (χ1n) is 32.6. The molecule has 0 radical (unpaired) electrons. The van der Waals surface area contributed by atoms with Gasteiger partial charge in [0, 0.05) is 0 Å². The van der Waals surface area contributed by atoms with Gasteiger partial charge in [-0.15, -0.1) is 0 Å². The molecule has 12 heteroatoms. The van der Waals surface area contributed by atoms with Crippen LogP contribution >= 0.6 is 46.1 Å². The SMILES string of the molecule is CN([C@@H](CC[PH](O)(c1ccccc1)c1ccccc1)C(C[C@H]([C@H](C[PH](O)(c1ccccc1)c1ccccc1)N(C)P(c1ccccc1)c1ccccc1)[PH](O)(c1ccccc1)c1ccccc1)[PH](O)(c1ccccc1)c1ccccc1)P(c1ccccc1)c1ccccc1. The average Bonchev–Trinajstić information content (AvgIpc) is 0.733. The zero-order valence-corrected chi connectivity index (χ0v) is 59.1. The van der Waals surface area contributed by atoms with Crippen LogP contribution in [0.2, 0.25) is 0 Å². The van der Waals surface area contributed by atoms with Crippen LogP contribution in [-0.2, 0) is 0 Å². The van der Waals surface area contributed by atoms with Gasteiger partial charge < -0.3 is 0 Å². The molecule has 0 spiro atoms. The van der Waals surface area contributed by atoms with E-state index < -0.39 is 69.5 Å². The fourth-order valence-electron chi connectivity index (χ4n) is 14.6. The predicted octanol–water partition coefficient (Wildman–Crippen LogP) is 12.4. The van der Waals surface area contributed by atoms with E-state index in [4.69, 9.17) is 0 Å². The fraction of sp³-hybridized carbons (Fsp3) is 0.122. The van der Waals surface area contributed by atoms with E-state index in [1.165, 1.54) is 0 Å². The molecule has 4 N–H and O–H groups in total. The summed E-state index contributed by atoms with van der Waals surface area (Å²) < 4.78 is 5.16. The molecule has 1 unspecified atom stereocenters. The number of hydrogen-bond acceptors (Lipinski definition) is 6. The Labute approximate surface area is 561 Å². The third kappa shape index (κ3) is 14.4. The van der Waals surface area contributed by atoms with Crippen molar-refractivity contribution in [1.29, 1.82) is 0 Å². The predicted molar refractivity (Wildman–Crippen MR) is 419 cm³/mol. The Morgan fingerprint density at radius 2 is 0.468 bits per heavy atom. The molecule has 0 fully saturated rings. The number of nitrogens with zero attached hydrogens (tertiary/aromatic N) is 2. The monoisotopic (exact) mass is 1350 g/mol. The van der Waals surface area contributed by atoms with Gasteiger partial charge in [0.05, 0.1) is 0 Å². The third-order valence-corrected chi connectivity index (χ3v) is 39.7. The summed E-state index contributed by atoms with van der Waals surface area (Å²) in [6.07, 6.45) is 1.48. The van der Waals surface area contributed by atoms with Crippen molar-refractivity contribution in [3.63, 3.8) is 0 Å². The molecule has 0 bridgehead atoms. The van der Waals surface area contributed by atoms with Gasteiger partial charge in [-0.1, -0.05) is 0 Å². The van der Waals surface area contributed by atoms with Crippen molar-refractivity contribution < 1.29 is 19.6 Å². The standard InChI is InChI=1S/C82H86N2O4P6/c1-83(89(67-39-15-3-16-40-67)68-41-17-4-18-42-68)79(63-64-91(85,71-47-23-7-24-48-71)72-49-25-8-26-50-72)81(93(87,75-55-31-11-32-56-75)76-57-33-12-34-58-76)65-82(94(88,77-59-35-13-36-60-77)78-61-37-14-38-62-78)80(66-92(86,73-51-27-9-28-52-73)74-53-29-10-30-54-74)84(2)90(69-43-19-5-20-44-69)70-45-21-6-22-46-70/h3-62,79-82,85-88,91-94H,63-66H2,1-2H3/t79-,80-,81?,82+/m0/s1. The summed E-state index contributed by atoms with van der Waals surface area (Å²) in [4.78, 5) is 60.6. The molecule has 0 aliphatic rings. The van der Waals surface area contributed by atoms with Gasteiger partial charge in [0.1, 0.15) is 0 Å². The van der Waals surface area contributed by atoms with E-state index in [1.54, 1.807) is 0 Å². The summed E-state index contributed by atoms with van der Waals surface area (Å²) in [5.41, 5.74) is -1.32. The summed E-state index contributed by atoms with van der Waals surface area (Å²) in [5.74, 6) is 0. The zero-order chi connectivity index (χ0) is 64.8. The first kappa shape index (κ1) is 67.0. The minimum atomic E-state index is -4.31. The van der Waals surface area contributed by atoms with Crippen molar-refractivity contribution in [1.82, 2.24) is 9.34 Å². The van der Waals surface area contributed by atoms with Crippen LogP contribution in [0.25, 0.3) is 0 Å². The average molecular weight is 1350 g/mol. The minimum absolute atomic E-state index is 0.287. The van der Waals surface area contributed by atoms with Crippen LogP contribution in [-0.4, -0.2) is 78.7 Å². The maximum absolute atomic E-state index is 15.8. The number of hydrogen-bond donors (Lipinski definition) is 4. The van der Waals surface area contributed by atoms with Gasteiger partial charge in [0.2, 0.25) is 0 Å². The second-order valence-electron chi connectivity index (χ2n) is 24.6. The second-order valence-corrected chi connectivity index (χ2v) is 42.7. The summed E-state index contributed by atoms with van der Waals surface area (Å²) in [6.45, 7) is 0. The van der Waals surface area contributed by atoms with Crippen molar-refractivity contribution in [3.05, 3.63) is 364 Å². The Bertz CT molecular complexity index is 3980. The molecule has 0 amide bonds. The van der Waals surface area contributed by atoms with Crippen LogP contribution in [0, 0.1) is 0 Å².